The summed E-state index contributed by atoms with van der Waals surface area (Å²) in [6, 6.07) is 15.3. The molecule has 2 aromatic carbocycles. The number of rotatable bonds is 4. The van der Waals surface area contributed by atoms with Gasteiger partial charge in [-0.25, -0.2) is 5.43 Å². The average Bonchev–Trinajstić information content (AvgIpc) is 2.88. The molecule has 0 saturated heterocycles. The van der Waals surface area contributed by atoms with Crippen molar-refractivity contribution in [3.05, 3.63) is 68.9 Å². The lowest BCUT2D eigenvalue weighted by Crippen LogP contribution is -2.17. The van der Waals surface area contributed by atoms with Crippen molar-refractivity contribution in [3.8, 4) is 12.3 Å². The minimum absolute atomic E-state index is 0.238. The first-order valence-electron chi connectivity index (χ1n) is 7.72. The van der Waals surface area contributed by atoms with Gasteiger partial charge in [-0.1, -0.05) is 24.1 Å². The summed E-state index contributed by atoms with van der Waals surface area (Å²) in [6.45, 7) is 2.49. The summed E-state index contributed by atoms with van der Waals surface area (Å²) < 4.78 is 3.15. The Bertz CT molecular complexity index is 994. The maximum absolute atomic E-state index is 12.1. The number of nitrogens with one attached hydrogen (secondary N) is 1. The highest BCUT2D eigenvalue weighted by Crippen LogP contribution is 2.24. The molecule has 0 fully saturated rings. The first-order chi connectivity index (χ1) is 12.1. The van der Waals surface area contributed by atoms with Crippen LogP contribution in [-0.2, 0) is 6.54 Å². The highest BCUT2D eigenvalue weighted by atomic mass is 127. The first kappa shape index (κ1) is 17.2. The van der Waals surface area contributed by atoms with Crippen LogP contribution in [0.3, 0.4) is 0 Å². The molecule has 0 spiro atoms. The van der Waals surface area contributed by atoms with E-state index in [1.807, 2.05) is 43.3 Å². The number of halogens is 1. The molecule has 4 nitrogen and oxygen atoms in total. The molecule has 5 heteroatoms. The lowest BCUT2D eigenvalue weighted by atomic mass is 10.1. The highest BCUT2D eigenvalue weighted by molar-refractivity contribution is 14.1. The first-order valence-corrected chi connectivity index (χ1v) is 8.80. The molecule has 0 radical (unpaired) electrons. The fourth-order valence-corrected chi connectivity index (χ4v) is 3.10. The van der Waals surface area contributed by atoms with Gasteiger partial charge >= 0.3 is 0 Å². The fraction of sp³-hybridized carbons (Fsp3) is 0.100. The maximum atomic E-state index is 12.1. The zero-order valence-electron chi connectivity index (χ0n) is 13.7. The molecule has 0 bridgehead atoms. The van der Waals surface area contributed by atoms with Crippen LogP contribution in [-0.4, -0.2) is 16.7 Å². The molecule has 0 aliphatic rings. The molecule has 0 saturated carbocycles. The minimum atomic E-state index is -0.238. The number of fused-ring (bicyclic) bond motifs is 1. The highest BCUT2D eigenvalue weighted by Gasteiger charge is 2.11. The maximum Gasteiger partial charge on any atom is 0.271 e. The van der Waals surface area contributed by atoms with Gasteiger partial charge in [0.25, 0.3) is 5.91 Å². The molecule has 124 valence electrons. The molecule has 0 aliphatic carbocycles. The third-order valence-corrected chi connectivity index (χ3v) is 4.71. The van der Waals surface area contributed by atoms with Crippen LogP contribution >= 0.6 is 22.6 Å². The Morgan fingerprint density at radius 1 is 1.28 bits per heavy atom. The van der Waals surface area contributed by atoms with Crippen LogP contribution in [0.1, 0.15) is 21.6 Å². The van der Waals surface area contributed by atoms with Crippen molar-refractivity contribution >= 4 is 45.6 Å². The van der Waals surface area contributed by atoms with Gasteiger partial charge in [-0.05, 0) is 59.8 Å². The zero-order chi connectivity index (χ0) is 17.8. The SMILES string of the molecule is C#CCn1c(C)c(/C=N\NC(=O)c2ccc(I)cc2)c2ccccc21. The zero-order valence-corrected chi connectivity index (χ0v) is 15.8. The Labute approximate surface area is 160 Å². The number of amides is 1. The smallest absolute Gasteiger partial charge is 0.271 e. The van der Waals surface area contributed by atoms with Gasteiger partial charge in [-0.15, -0.1) is 6.42 Å². The molecule has 25 heavy (non-hydrogen) atoms. The number of benzene rings is 2. The van der Waals surface area contributed by atoms with E-state index >= 15 is 0 Å². The summed E-state index contributed by atoms with van der Waals surface area (Å²) in [5.41, 5.74) is 6.18. The van der Waals surface area contributed by atoms with Crippen molar-refractivity contribution in [3.63, 3.8) is 0 Å². The molecule has 1 amide bonds. The summed E-state index contributed by atoms with van der Waals surface area (Å²) in [6.07, 6.45) is 7.16. The average molecular weight is 441 g/mol. The van der Waals surface area contributed by atoms with Crippen LogP contribution in [0.2, 0.25) is 0 Å². The molecule has 0 unspecified atom stereocenters. The van der Waals surface area contributed by atoms with E-state index in [4.69, 9.17) is 6.42 Å². The standard InChI is InChI=1S/C20H16IN3O/c1-3-12-24-14(2)18(17-6-4-5-7-19(17)24)13-22-23-20(25)15-8-10-16(21)11-9-15/h1,4-11,13H,12H2,2H3,(H,23,25)/b22-13-. The van der Waals surface area contributed by atoms with Crippen molar-refractivity contribution in [1.29, 1.82) is 0 Å². The van der Waals surface area contributed by atoms with E-state index in [0.717, 1.165) is 25.7 Å². The second kappa shape index (κ2) is 7.53. The van der Waals surface area contributed by atoms with E-state index in [1.165, 1.54) is 0 Å². The van der Waals surface area contributed by atoms with Gasteiger partial charge in [0, 0.05) is 31.3 Å². The number of hydrogen-bond acceptors (Lipinski definition) is 2. The van der Waals surface area contributed by atoms with Crippen LogP contribution in [0.4, 0.5) is 0 Å². The second-order valence-electron chi connectivity index (χ2n) is 5.51. The monoisotopic (exact) mass is 441 g/mol. The Morgan fingerprint density at radius 2 is 2.00 bits per heavy atom. The van der Waals surface area contributed by atoms with Gasteiger partial charge in [0.05, 0.1) is 12.8 Å². The van der Waals surface area contributed by atoms with Gasteiger partial charge in [0.1, 0.15) is 0 Å². The second-order valence-corrected chi connectivity index (χ2v) is 6.76. The van der Waals surface area contributed by atoms with E-state index in [0.29, 0.717) is 12.1 Å². The van der Waals surface area contributed by atoms with Crippen molar-refractivity contribution in [1.82, 2.24) is 9.99 Å². The predicted molar refractivity (Wildman–Crippen MR) is 110 cm³/mol. The van der Waals surface area contributed by atoms with Crippen LogP contribution in [0.15, 0.2) is 53.6 Å². The normalized spacial score (nSPS) is 10.9. The molecular formula is C20H16IN3O. The lowest BCUT2D eigenvalue weighted by Gasteiger charge is -2.02. The Kier molecular flexibility index (Phi) is 5.19. The summed E-state index contributed by atoms with van der Waals surface area (Å²) in [5, 5.41) is 5.19. The van der Waals surface area contributed by atoms with E-state index in [2.05, 4.69) is 43.6 Å². The number of terminal acetylenes is 1. The van der Waals surface area contributed by atoms with E-state index < -0.39 is 0 Å². The largest absolute Gasteiger partial charge is 0.333 e. The fourth-order valence-electron chi connectivity index (χ4n) is 2.74. The van der Waals surface area contributed by atoms with Crippen LogP contribution in [0.5, 0.6) is 0 Å². The predicted octanol–water partition coefficient (Wildman–Crippen LogP) is 3.95. The lowest BCUT2D eigenvalue weighted by molar-refractivity contribution is 0.0955. The van der Waals surface area contributed by atoms with Crippen molar-refractivity contribution < 1.29 is 4.79 Å². The van der Waals surface area contributed by atoms with Gasteiger partial charge in [0.15, 0.2) is 0 Å². The number of para-hydroxylation sites is 1. The van der Waals surface area contributed by atoms with Gasteiger partial charge < -0.3 is 4.57 Å². The number of nitrogens with zero attached hydrogens (tertiary/aromatic N) is 2. The number of hydrazone groups is 1. The summed E-state index contributed by atoms with van der Waals surface area (Å²) in [5.74, 6) is 2.44. The molecule has 1 N–H and O–H groups in total. The Hall–Kier alpha value is -2.59. The summed E-state index contributed by atoms with van der Waals surface area (Å²) in [7, 11) is 0. The van der Waals surface area contributed by atoms with Gasteiger partial charge in [-0.2, -0.15) is 5.10 Å². The summed E-state index contributed by atoms with van der Waals surface area (Å²) >= 11 is 2.20. The van der Waals surface area contributed by atoms with Crippen molar-refractivity contribution in [2.75, 3.05) is 0 Å². The molecule has 0 aliphatic heterocycles. The molecule has 0 atom stereocenters. The Balaban J connectivity index is 1.86. The number of aromatic nitrogens is 1. The number of carbonyl (C=O) groups excluding carboxylic acids is 1. The quantitative estimate of drug-likeness (QED) is 0.284. The number of carbonyl (C=O) groups is 1. The number of hydrogen-bond donors (Lipinski definition) is 1. The van der Waals surface area contributed by atoms with Crippen molar-refractivity contribution in [2.45, 2.75) is 13.5 Å². The van der Waals surface area contributed by atoms with E-state index in [1.54, 1.807) is 18.3 Å². The third kappa shape index (κ3) is 3.59. The van der Waals surface area contributed by atoms with E-state index in [9.17, 15) is 4.79 Å². The van der Waals surface area contributed by atoms with Crippen molar-refractivity contribution in [2.24, 2.45) is 5.10 Å². The van der Waals surface area contributed by atoms with Gasteiger partial charge in [-0.3, -0.25) is 4.79 Å². The molecular weight excluding hydrogens is 425 g/mol. The van der Waals surface area contributed by atoms with Crippen LogP contribution in [0.25, 0.3) is 10.9 Å². The third-order valence-electron chi connectivity index (χ3n) is 4.00. The van der Waals surface area contributed by atoms with Gasteiger partial charge in [0.2, 0.25) is 0 Å². The van der Waals surface area contributed by atoms with Crippen LogP contribution < -0.4 is 5.43 Å². The topological polar surface area (TPSA) is 46.4 Å². The van der Waals surface area contributed by atoms with E-state index in [-0.39, 0.29) is 5.91 Å². The Morgan fingerprint density at radius 3 is 2.72 bits per heavy atom. The molecule has 1 heterocycles. The molecule has 3 rings (SSSR count). The molecule has 3 aromatic rings. The molecule has 1 aromatic heterocycles. The van der Waals surface area contributed by atoms with Crippen LogP contribution in [0, 0.1) is 22.8 Å². The summed E-state index contributed by atoms with van der Waals surface area (Å²) in [4.78, 5) is 12.1. The minimum Gasteiger partial charge on any atom is -0.333 e.